The van der Waals surface area contributed by atoms with Crippen molar-refractivity contribution in [2.24, 2.45) is 0 Å². The third-order valence-corrected chi connectivity index (χ3v) is 11.1. The number of amides is 6. The molecule has 414 valence electrons. The molecule has 71 heavy (non-hydrogen) atoms. The van der Waals surface area contributed by atoms with Crippen LogP contribution in [-0.4, -0.2) is 177 Å². The molecule has 22 nitrogen and oxygen atoms in total. The summed E-state index contributed by atoms with van der Waals surface area (Å²) in [5, 5.41) is 66.2. The normalized spacial score (nSPS) is 11.7. The van der Waals surface area contributed by atoms with Crippen LogP contribution in [0.5, 0.6) is 0 Å². The van der Waals surface area contributed by atoms with E-state index in [1.165, 1.54) is 0 Å². The third kappa shape index (κ3) is 45.6. The highest BCUT2D eigenvalue weighted by Gasteiger charge is 2.34. The number of aliphatic hydroxyl groups excluding tert-OH is 4. The van der Waals surface area contributed by atoms with Crippen molar-refractivity contribution in [1.82, 2.24) is 37.2 Å². The minimum absolute atomic E-state index is 0.00137. The van der Waals surface area contributed by atoms with Gasteiger partial charge in [0.2, 0.25) is 35.4 Å². The van der Waals surface area contributed by atoms with Crippen molar-refractivity contribution in [3.63, 3.8) is 0 Å². The van der Waals surface area contributed by atoms with Gasteiger partial charge in [-0.3, -0.25) is 38.9 Å². The van der Waals surface area contributed by atoms with Crippen molar-refractivity contribution >= 4 is 41.4 Å². The lowest BCUT2D eigenvalue weighted by molar-refractivity contribution is -0.137. The lowest BCUT2D eigenvalue weighted by Crippen LogP contribution is -2.58. The van der Waals surface area contributed by atoms with Crippen LogP contribution >= 0.6 is 0 Å². The van der Waals surface area contributed by atoms with Crippen molar-refractivity contribution < 1.29 is 73.3 Å². The van der Waals surface area contributed by atoms with E-state index in [0.29, 0.717) is 129 Å². The molecule has 0 aromatic carbocycles. The van der Waals surface area contributed by atoms with Crippen LogP contribution in [0.3, 0.4) is 0 Å². The molecule has 1 unspecified atom stereocenters. The van der Waals surface area contributed by atoms with Crippen LogP contribution in [-0.2, 0) is 47.8 Å². The number of carbonyl (C=O) groups is 7. The summed E-state index contributed by atoms with van der Waals surface area (Å²) in [6.07, 6.45) is 12.6. The molecule has 0 spiro atoms. The van der Waals surface area contributed by atoms with Gasteiger partial charge in [-0.1, -0.05) is 38.5 Å². The Labute approximate surface area is 422 Å². The largest absolute Gasteiger partial charge is 0.481 e. The number of unbranched alkanes of at least 4 members (excludes halogenated alkanes) is 10. The van der Waals surface area contributed by atoms with E-state index in [9.17, 15) is 38.7 Å². The molecule has 0 radical (unpaired) electrons. The number of carboxylic acids is 1. The van der Waals surface area contributed by atoms with Crippen LogP contribution in [0.4, 0.5) is 0 Å². The van der Waals surface area contributed by atoms with Crippen molar-refractivity contribution in [2.45, 2.75) is 172 Å². The van der Waals surface area contributed by atoms with Crippen molar-refractivity contribution in [3.8, 4) is 0 Å². The molecule has 1 atom stereocenters. The first-order chi connectivity index (χ1) is 34.4. The molecule has 22 heteroatoms. The molecule has 12 N–H and O–H groups in total. The van der Waals surface area contributed by atoms with Gasteiger partial charge in [0.05, 0.1) is 39.6 Å². The molecular formula is C49H93N7O15. The van der Waals surface area contributed by atoms with Gasteiger partial charge in [-0.05, 0) is 77.2 Å². The Kier molecular flexibility index (Phi) is 45.5. The molecule has 0 aromatic heterocycles. The minimum Gasteiger partial charge on any atom is -0.481 e. The average molecular weight is 1020 g/mol. The predicted octanol–water partition coefficient (Wildman–Crippen LogP) is 1.19. The number of carboxylic acid groups (broad SMARTS) is 1. The first-order valence-electron chi connectivity index (χ1n) is 26.2. The second-order valence-corrected chi connectivity index (χ2v) is 17.8. The Bertz CT molecular complexity index is 1350. The number of hydrogen-bond acceptors (Lipinski definition) is 15. The Morgan fingerprint density at radius 2 is 0.704 bits per heavy atom. The van der Waals surface area contributed by atoms with Crippen molar-refractivity contribution in [1.29, 1.82) is 0 Å². The molecule has 0 saturated carbocycles. The molecule has 0 bridgehead atoms. The maximum absolute atomic E-state index is 13.6. The SMILES string of the molecule is O=C(O)CCCCCCCCCCC(=O)NC(COCCC(=O)NCCCNC(=O)CCCCO)(COCCC(=O)NCCCNC(=O)CCCCO)COCCC(O)NCCCNC(=O)CCCCO. The Balaban J connectivity index is 5.53. The molecule has 0 aromatic rings. The molecular weight excluding hydrogens is 927 g/mol. The fraction of sp³-hybridized carbons (Fsp3) is 0.857. The van der Waals surface area contributed by atoms with Crippen LogP contribution in [0.1, 0.15) is 161 Å². The van der Waals surface area contributed by atoms with Crippen LogP contribution in [0.15, 0.2) is 0 Å². The summed E-state index contributed by atoms with van der Waals surface area (Å²) in [5.74, 6) is -1.91. The lowest BCUT2D eigenvalue weighted by Gasteiger charge is -2.34. The van der Waals surface area contributed by atoms with Crippen molar-refractivity contribution in [3.05, 3.63) is 0 Å². The van der Waals surface area contributed by atoms with E-state index in [0.717, 1.165) is 38.5 Å². The zero-order valence-corrected chi connectivity index (χ0v) is 42.7. The molecule has 0 aliphatic heterocycles. The summed E-state index contributed by atoms with van der Waals surface area (Å²) < 4.78 is 18.1. The molecule has 6 amide bonds. The van der Waals surface area contributed by atoms with E-state index in [4.69, 9.17) is 34.6 Å². The van der Waals surface area contributed by atoms with Gasteiger partial charge in [-0.15, -0.1) is 0 Å². The van der Waals surface area contributed by atoms with E-state index in [1.807, 2.05) is 0 Å². The fourth-order valence-electron chi connectivity index (χ4n) is 6.95. The zero-order chi connectivity index (χ0) is 52.5. The van der Waals surface area contributed by atoms with E-state index >= 15 is 0 Å². The number of aliphatic carboxylic acids is 1. The van der Waals surface area contributed by atoms with Crippen molar-refractivity contribution in [2.75, 3.05) is 98.7 Å². The number of ether oxygens (including phenoxy) is 3. The second kappa shape index (κ2) is 48.2. The molecule has 0 saturated heterocycles. The standard InChI is InChI=1S/C49H93N7O15/c57-32-12-9-18-41(60)50-26-15-29-53-44(63)23-35-69-38-49(56-47(66)21-7-5-3-1-2-4-6-8-22-48(67)68,39-70-36-24-45(64)54-30-16-27-51-42(61)19-10-13-33-58)40-71-37-25-46(65)55-31-17-28-52-43(62)20-11-14-34-59/h44,53,57-59,63H,1-40H2,(H,50,60)(H,51,61)(H,52,62)(H,54,64)(H,55,65)(H,56,66)(H,67,68). The highest BCUT2D eigenvalue weighted by Crippen LogP contribution is 2.14. The third-order valence-electron chi connectivity index (χ3n) is 11.1. The maximum Gasteiger partial charge on any atom is 0.303 e. The van der Waals surface area contributed by atoms with Gasteiger partial charge in [0.25, 0.3) is 0 Å². The van der Waals surface area contributed by atoms with Gasteiger partial charge in [0.1, 0.15) is 11.8 Å². The van der Waals surface area contributed by atoms with E-state index in [2.05, 4.69) is 37.2 Å². The number of nitrogens with one attached hydrogen (secondary N) is 7. The van der Waals surface area contributed by atoms with E-state index in [1.54, 1.807) is 0 Å². The monoisotopic (exact) mass is 1020 g/mol. The summed E-state index contributed by atoms with van der Waals surface area (Å²) in [4.78, 5) is 85.4. The van der Waals surface area contributed by atoms with Gasteiger partial charge in [0, 0.05) is 104 Å². The zero-order valence-electron chi connectivity index (χ0n) is 42.7. The molecule has 0 rings (SSSR count). The molecule has 0 fully saturated rings. The number of carbonyl (C=O) groups excluding carboxylic acids is 6. The lowest BCUT2D eigenvalue weighted by atomic mass is 10.0. The Morgan fingerprint density at radius 3 is 1.10 bits per heavy atom. The van der Waals surface area contributed by atoms with Gasteiger partial charge in [-0.2, -0.15) is 0 Å². The van der Waals surface area contributed by atoms with Crippen LogP contribution in [0.2, 0.25) is 0 Å². The topological polar surface area (TPSA) is 333 Å². The molecule has 0 heterocycles. The summed E-state index contributed by atoms with van der Waals surface area (Å²) in [7, 11) is 0. The van der Waals surface area contributed by atoms with Crippen LogP contribution < -0.4 is 37.2 Å². The van der Waals surface area contributed by atoms with Crippen LogP contribution in [0.25, 0.3) is 0 Å². The summed E-state index contributed by atoms with van der Waals surface area (Å²) in [5.41, 5.74) is -1.25. The maximum atomic E-state index is 13.6. The van der Waals surface area contributed by atoms with Gasteiger partial charge < -0.3 is 71.6 Å². The second-order valence-electron chi connectivity index (χ2n) is 17.8. The number of rotatable bonds is 52. The quantitative estimate of drug-likeness (QED) is 0.0301. The van der Waals surface area contributed by atoms with Crippen LogP contribution in [0, 0.1) is 0 Å². The van der Waals surface area contributed by atoms with Gasteiger partial charge >= 0.3 is 5.97 Å². The summed E-state index contributed by atoms with van der Waals surface area (Å²) in [6.45, 7) is 2.19. The first-order valence-corrected chi connectivity index (χ1v) is 26.2. The number of aliphatic hydroxyl groups is 4. The smallest absolute Gasteiger partial charge is 0.303 e. The summed E-state index contributed by atoms with van der Waals surface area (Å²) >= 11 is 0. The number of hydrogen-bond donors (Lipinski definition) is 12. The van der Waals surface area contributed by atoms with E-state index in [-0.39, 0.29) is 127 Å². The average Bonchev–Trinajstić information content (AvgIpc) is 3.33. The minimum atomic E-state index is -1.25. The highest BCUT2D eigenvalue weighted by molar-refractivity contribution is 5.78. The molecule has 0 aliphatic rings. The first kappa shape index (κ1) is 67.0. The Morgan fingerprint density at radius 1 is 0.380 bits per heavy atom. The summed E-state index contributed by atoms with van der Waals surface area (Å²) in [6, 6.07) is 0. The van der Waals surface area contributed by atoms with E-state index < -0.39 is 17.7 Å². The van der Waals surface area contributed by atoms with Gasteiger partial charge in [-0.25, -0.2) is 0 Å². The fourth-order valence-corrected chi connectivity index (χ4v) is 6.95. The highest BCUT2D eigenvalue weighted by atomic mass is 16.5. The predicted molar refractivity (Wildman–Crippen MR) is 267 cm³/mol. The molecule has 0 aliphatic carbocycles. The van der Waals surface area contributed by atoms with Gasteiger partial charge in [0.15, 0.2) is 0 Å². The Hall–Kier alpha value is -4.03.